The van der Waals surface area contributed by atoms with Gasteiger partial charge >= 0.3 is 5.97 Å². The molecule has 0 heterocycles. The lowest BCUT2D eigenvalue weighted by Crippen LogP contribution is -2.14. The van der Waals surface area contributed by atoms with Crippen molar-refractivity contribution in [3.05, 3.63) is 54.7 Å². The van der Waals surface area contributed by atoms with Crippen LogP contribution in [0.1, 0.15) is 53.9 Å². The Balaban J connectivity index is 1.93. The van der Waals surface area contributed by atoms with Crippen LogP contribution in [0.25, 0.3) is 0 Å². The first-order valence-corrected chi connectivity index (χ1v) is 12.1. The van der Waals surface area contributed by atoms with E-state index in [1.807, 2.05) is 6.07 Å². The summed E-state index contributed by atoms with van der Waals surface area (Å²) < 4.78 is 40.6. The topological polar surface area (TPSA) is 80.7 Å². The molecule has 144 valence electrons. The second kappa shape index (κ2) is 8.75. The van der Waals surface area contributed by atoms with Gasteiger partial charge in [-0.05, 0) is 106 Å². The van der Waals surface area contributed by atoms with Gasteiger partial charge < -0.3 is 4.74 Å². The number of benzene rings is 2. The first-order valence-electron chi connectivity index (χ1n) is 8.54. The van der Waals surface area contributed by atoms with Crippen molar-refractivity contribution in [3.63, 3.8) is 0 Å². The fourth-order valence-corrected chi connectivity index (χ4v) is 4.93. The van der Waals surface area contributed by atoms with Crippen molar-refractivity contribution in [3.8, 4) is 5.75 Å². The monoisotopic (exact) mass is 612 g/mol. The van der Waals surface area contributed by atoms with Gasteiger partial charge in [0.2, 0.25) is 0 Å². The quantitative estimate of drug-likeness (QED) is 0.216. The first-order chi connectivity index (χ1) is 12.8. The van der Waals surface area contributed by atoms with Gasteiger partial charge in [-0.2, -0.15) is 8.42 Å². The minimum atomic E-state index is -4.35. The number of rotatable bonds is 4. The van der Waals surface area contributed by atoms with Gasteiger partial charge in [0, 0.05) is 7.14 Å². The molecule has 5 nitrogen and oxygen atoms in total. The third-order valence-corrected chi connectivity index (χ3v) is 8.46. The van der Waals surface area contributed by atoms with E-state index in [1.165, 1.54) is 12.1 Å². The number of ether oxygens (including phenoxy) is 1. The van der Waals surface area contributed by atoms with E-state index >= 15 is 0 Å². The van der Waals surface area contributed by atoms with Crippen LogP contribution in [-0.4, -0.2) is 18.9 Å². The number of carbonyl (C=O) groups excluding carboxylic acids is 1. The van der Waals surface area contributed by atoms with E-state index < -0.39 is 16.1 Å². The van der Waals surface area contributed by atoms with Gasteiger partial charge in [0.15, 0.2) is 0 Å². The smallest absolute Gasteiger partial charge is 0.343 e. The maximum atomic E-state index is 12.6. The van der Waals surface area contributed by atoms with Crippen molar-refractivity contribution in [1.82, 2.24) is 0 Å². The van der Waals surface area contributed by atoms with E-state index in [2.05, 4.69) is 45.2 Å². The van der Waals surface area contributed by atoms with Crippen LogP contribution in [0.3, 0.4) is 0 Å². The molecule has 0 aliphatic heterocycles. The Kier molecular flexibility index (Phi) is 6.80. The van der Waals surface area contributed by atoms with Gasteiger partial charge in [-0.25, -0.2) is 4.79 Å². The molecule has 0 aromatic heterocycles. The fourth-order valence-electron chi connectivity index (χ4n) is 3.35. The largest absolute Gasteiger partial charge is 0.423 e. The zero-order valence-corrected chi connectivity index (χ0v) is 19.5. The van der Waals surface area contributed by atoms with Crippen molar-refractivity contribution in [2.24, 2.45) is 0 Å². The Hall–Kier alpha value is -0.720. The van der Waals surface area contributed by atoms with Crippen molar-refractivity contribution < 1.29 is 22.5 Å². The second-order valence-electron chi connectivity index (χ2n) is 6.53. The lowest BCUT2D eigenvalue weighted by atomic mass is 9.83. The number of esters is 1. The average Bonchev–Trinajstić information content (AvgIpc) is 2.64. The zero-order chi connectivity index (χ0) is 19.6. The maximum absolute atomic E-state index is 12.6. The van der Waals surface area contributed by atoms with Crippen LogP contribution in [0, 0.1) is 7.14 Å². The molecule has 1 N–H and O–H groups in total. The average molecular weight is 612 g/mol. The van der Waals surface area contributed by atoms with Crippen LogP contribution >= 0.6 is 45.2 Å². The molecule has 0 unspecified atom stereocenters. The summed E-state index contributed by atoms with van der Waals surface area (Å²) in [5.74, 6) is -0.100. The van der Waals surface area contributed by atoms with E-state index in [4.69, 9.17) is 4.74 Å². The summed E-state index contributed by atoms with van der Waals surface area (Å²) in [7, 11) is -4.35. The van der Waals surface area contributed by atoms with Gasteiger partial charge in [0.05, 0.1) is 10.5 Å². The van der Waals surface area contributed by atoms with Crippen LogP contribution in [-0.2, 0) is 10.1 Å². The SMILES string of the molecule is O=C(Oc1ccc(I)c(I)c1)c1ccc(S(=O)(=O)O)c(C2CCCCC2)c1. The van der Waals surface area contributed by atoms with Crippen LogP contribution in [0.5, 0.6) is 5.75 Å². The van der Waals surface area contributed by atoms with Gasteiger partial charge in [-0.3, -0.25) is 4.55 Å². The summed E-state index contributed by atoms with van der Waals surface area (Å²) in [6.45, 7) is 0. The molecule has 1 aliphatic carbocycles. The molecule has 0 atom stereocenters. The number of carbonyl (C=O) groups is 1. The van der Waals surface area contributed by atoms with Gasteiger partial charge in [0.1, 0.15) is 5.75 Å². The highest BCUT2D eigenvalue weighted by atomic mass is 127. The van der Waals surface area contributed by atoms with Gasteiger partial charge in [-0.15, -0.1) is 0 Å². The molecule has 0 radical (unpaired) electrons. The second-order valence-corrected chi connectivity index (χ2v) is 10.2. The molecule has 0 bridgehead atoms. The van der Waals surface area contributed by atoms with E-state index in [0.717, 1.165) is 39.2 Å². The molecule has 1 saturated carbocycles. The molecule has 8 heteroatoms. The number of halogens is 2. The van der Waals surface area contributed by atoms with Crippen LogP contribution in [0.2, 0.25) is 0 Å². The lowest BCUT2D eigenvalue weighted by Gasteiger charge is -2.24. The molecule has 1 aliphatic rings. The third kappa shape index (κ3) is 5.21. The molecule has 2 aromatic rings. The maximum Gasteiger partial charge on any atom is 0.343 e. The first kappa shape index (κ1) is 21.0. The number of hydrogen-bond acceptors (Lipinski definition) is 4. The fraction of sp³-hybridized carbons (Fsp3) is 0.316. The summed E-state index contributed by atoms with van der Waals surface area (Å²) >= 11 is 4.36. The number of hydrogen-bond donors (Lipinski definition) is 1. The summed E-state index contributed by atoms with van der Waals surface area (Å²) in [6, 6.07) is 9.59. The lowest BCUT2D eigenvalue weighted by molar-refractivity contribution is 0.0734. The highest BCUT2D eigenvalue weighted by Crippen LogP contribution is 2.36. The minimum absolute atomic E-state index is 0.0164. The molecule has 2 aromatic carbocycles. The molecule has 0 saturated heterocycles. The summed E-state index contributed by atoms with van der Waals surface area (Å²) in [5.41, 5.74) is 0.778. The Morgan fingerprint density at radius 3 is 2.33 bits per heavy atom. The summed E-state index contributed by atoms with van der Waals surface area (Å²) in [6.07, 6.45) is 4.81. The summed E-state index contributed by atoms with van der Waals surface area (Å²) in [5, 5.41) is 0. The zero-order valence-electron chi connectivity index (χ0n) is 14.3. The Labute approximate surface area is 185 Å². The molecule has 1 fully saturated rings. The van der Waals surface area contributed by atoms with Gasteiger partial charge in [-0.1, -0.05) is 19.3 Å². The van der Waals surface area contributed by atoms with Crippen LogP contribution in [0.15, 0.2) is 41.3 Å². The van der Waals surface area contributed by atoms with Crippen LogP contribution < -0.4 is 4.74 Å². The Morgan fingerprint density at radius 2 is 1.70 bits per heavy atom. The Morgan fingerprint density at radius 1 is 1.00 bits per heavy atom. The van der Waals surface area contributed by atoms with E-state index in [9.17, 15) is 17.8 Å². The minimum Gasteiger partial charge on any atom is -0.423 e. The molecular weight excluding hydrogens is 594 g/mol. The van der Waals surface area contributed by atoms with Crippen molar-refractivity contribution in [2.45, 2.75) is 42.9 Å². The predicted octanol–water partition coefficient (Wildman–Crippen LogP) is 5.41. The van der Waals surface area contributed by atoms with Gasteiger partial charge in [0.25, 0.3) is 10.1 Å². The van der Waals surface area contributed by atoms with Crippen molar-refractivity contribution >= 4 is 61.3 Å². The molecule has 0 spiro atoms. The van der Waals surface area contributed by atoms with Crippen LogP contribution in [0.4, 0.5) is 0 Å². The molecule has 3 rings (SSSR count). The normalized spacial score (nSPS) is 15.5. The van der Waals surface area contributed by atoms with Crippen molar-refractivity contribution in [1.29, 1.82) is 0 Å². The summed E-state index contributed by atoms with van der Waals surface area (Å²) in [4.78, 5) is 12.5. The molecule has 27 heavy (non-hydrogen) atoms. The van der Waals surface area contributed by atoms with E-state index in [1.54, 1.807) is 18.2 Å². The Bertz CT molecular complexity index is 966. The van der Waals surface area contributed by atoms with Crippen molar-refractivity contribution in [2.75, 3.05) is 0 Å². The molecule has 0 amide bonds. The van der Waals surface area contributed by atoms with E-state index in [-0.39, 0.29) is 16.4 Å². The third-order valence-electron chi connectivity index (χ3n) is 4.67. The molecular formula is C19H18I2O5S. The standard InChI is InChI=1S/C19H18I2O5S/c20-16-8-7-14(11-17(16)21)26-19(22)13-6-9-18(27(23,24)25)15(10-13)12-4-2-1-3-5-12/h6-12H,1-5H2,(H,23,24,25). The highest BCUT2D eigenvalue weighted by molar-refractivity contribution is 14.1. The highest BCUT2D eigenvalue weighted by Gasteiger charge is 2.25. The van der Waals surface area contributed by atoms with E-state index in [0.29, 0.717) is 11.3 Å². The predicted molar refractivity (Wildman–Crippen MR) is 119 cm³/mol.